The van der Waals surface area contributed by atoms with Gasteiger partial charge in [0.15, 0.2) is 29.7 Å². The molecule has 5 atom stereocenters. The van der Waals surface area contributed by atoms with Gasteiger partial charge < -0.3 is 28.0 Å². The van der Waals surface area contributed by atoms with Crippen LogP contribution in [0.3, 0.4) is 0 Å². The molecule has 0 saturated carbocycles. The Morgan fingerprint density at radius 1 is 1.06 bits per heavy atom. The Balaban J connectivity index is 2.48. The predicted octanol–water partition coefficient (Wildman–Crippen LogP) is 0.480. The number of hydrogen-bond donors (Lipinski definition) is 1. The molecule has 16 heteroatoms. The van der Waals surface area contributed by atoms with Crippen molar-refractivity contribution >= 4 is 59.2 Å². The number of esters is 3. The molecule has 0 aromatic heterocycles. The molecule has 2 heterocycles. The number of amides is 1. The van der Waals surface area contributed by atoms with E-state index in [1.54, 1.807) is 6.92 Å². The molecule has 33 heavy (non-hydrogen) atoms. The third-order valence-corrected chi connectivity index (χ3v) is 7.84. The van der Waals surface area contributed by atoms with Crippen molar-refractivity contribution in [1.29, 1.82) is 0 Å². The minimum absolute atomic E-state index is 0.00991. The van der Waals surface area contributed by atoms with Crippen LogP contribution in [-0.4, -0.2) is 84.5 Å². The lowest BCUT2D eigenvalue weighted by atomic mass is 9.97. The van der Waals surface area contributed by atoms with Gasteiger partial charge in [0.2, 0.25) is 5.91 Å². The van der Waals surface area contributed by atoms with E-state index in [0.717, 1.165) is 30.5 Å². The molecule has 0 aromatic carbocycles. The summed E-state index contributed by atoms with van der Waals surface area (Å²) in [6.07, 6.45) is -5.76. The molecule has 0 aliphatic carbocycles. The number of nitrogens with zero attached hydrogens (tertiary/aromatic N) is 2. The zero-order chi connectivity index (χ0) is 24.9. The first kappa shape index (κ1) is 27.5. The van der Waals surface area contributed by atoms with Crippen molar-refractivity contribution in [3.8, 4) is 0 Å². The average molecular weight is 528 g/mol. The lowest BCUT2D eigenvalue weighted by molar-refractivity contribution is -0.260. The quantitative estimate of drug-likeness (QED) is 0.202. The van der Waals surface area contributed by atoms with E-state index in [2.05, 4.69) is 10.3 Å². The zero-order valence-corrected chi connectivity index (χ0v) is 21.4. The van der Waals surface area contributed by atoms with Crippen LogP contribution >= 0.6 is 18.4 Å². The smallest absolute Gasteiger partial charge is 0.303 e. The molecule has 1 amide bonds. The van der Waals surface area contributed by atoms with E-state index in [0.29, 0.717) is 0 Å². The van der Waals surface area contributed by atoms with Crippen molar-refractivity contribution in [3.63, 3.8) is 0 Å². The number of carbonyl (C=O) groups excluding carboxylic acids is 4. The van der Waals surface area contributed by atoms with Crippen LogP contribution in [0.4, 0.5) is 0 Å². The lowest BCUT2D eigenvalue weighted by Crippen LogP contribution is -2.65. The number of hydrazone groups is 1. The SMILES string of the molecule is COP(=S)(N/N=C1/SCC(=O)N1[C@@H]1O[C@H](C)[C@@H](OC(C)=O)[C@H](OC(C)=O)[C@H]1OC(C)=O)OC. The Morgan fingerprint density at radius 3 is 2.09 bits per heavy atom. The minimum Gasteiger partial charge on any atom is -0.456 e. The van der Waals surface area contributed by atoms with Gasteiger partial charge in [-0.3, -0.25) is 24.1 Å². The van der Waals surface area contributed by atoms with Gasteiger partial charge in [0.1, 0.15) is 0 Å². The standard InChI is InChI=1S/C17H26N3O10PS2/c1-8-13(28-9(2)21)14(29-10(3)22)15(30-11(4)23)16(27-8)20-12(24)7-33-17(20)18-19-31(32,25-5)26-6/h8,13-16H,7H2,1-6H3,(H,19,32)/b18-17+/t8-,13-,14+,15-,16-/m1/s1. The fraction of sp³-hybridized carbons (Fsp3) is 0.706. The van der Waals surface area contributed by atoms with Crippen LogP contribution in [0.2, 0.25) is 0 Å². The van der Waals surface area contributed by atoms with E-state index < -0.39 is 61.1 Å². The Kier molecular flexibility index (Phi) is 9.64. The van der Waals surface area contributed by atoms with Gasteiger partial charge in [0.05, 0.1) is 11.9 Å². The first-order valence-electron chi connectivity index (χ1n) is 9.60. The zero-order valence-electron chi connectivity index (χ0n) is 18.8. The van der Waals surface area contributed by atoms with E-state index in [1.165, 1.54) is 21.1 Å². The number of rotatable bonds is 8. The molecule has 0 aromatic rings. The highest BCUT2D eigenvalue weighted by atomic mass is 32.5. The molecule has 0 bridgehead atoms. The van der Waals surface area contributed by atoms with Crippen LogP contribution in [0.15, 0.2) is 5.10 Å². The second-order valence-corrected chi connectivity index (χ2v) is 11.2. The molecule has 0 radical (unpaired) electrons. The Bertz CT molecular complexity index is 864. The van der Waals surface area contributed by atoms with Gasteiger partial charge in [0, 0.05) is 35.0 Å². The molecule has 2 rings (SSSR count). The number of nitrogens with one attached hydrogen (secondary N) is 1. The summed E-state index contributed by atoms with van der Waals surface area (Å²) in [5, 5.41) is 6.90. The summed E-state index contributed by atoms with van der Waals surface area (Å²) in [5.74, 6) is -2.49. The molecule has 2 fully saturated rings. The van der Waals surface area contributed by atoms with Gasteiger partial charge in [0.25, 0.3) is 0 Å². The number of carbonyl (C=O) groups is 4. The highest BCUT2D eigenvalue weighted by Gasteiger charge is 2.55. The summed E-state index contributed by atoms with van der Waals surface area (Å²) in [6.45, 7) is 2.11. The fourth-order valence-corrected chi connectivity index (χ4v) is 4.73. The summed E-state index contributed by atoms with van der Waals surface area (Å²) in [7, 11) is 2.70. The average Bonchev–Trinajstić information content (AvgIpc) is 3.10. The number of amidine groups is 1. The molecular formula is C17H26N3O10PS2. The van der Waals surface area contributed by atoms with Crippen molar-refractivity contribution in [2.45, 2.75) is 58.3 Å². The van der Waals surface area contributed by atoms with Gasteiger partial charge in [-0.05, 0) is 18.7 Å². The number of ether oxygens (including phenoxy) is 4. The highest BCUT2D eigenvalue weighted by molar-refractivity contribution is 8.15. The highest BCUT2D eigenvalue weighted by Crippen LogP contribution is 2.42. The third kappa shape index (κ3) is 6.87. The summed E-state index contributed by atoms with van der Waals surface area (Å²) in [4.78, 5) is 49.3. The van der Waals surface area contributed by atoms with Gasteiger partial charge in [-0.1, -0.05) is 11.8 Å². The van der Waals surface area contributed by atoms with Crippen molar-refractivity contribution in [1.82, 2.24) is 10.1 Å². The number of hydrogen-bond acceptors (Lipinski definition) is 13. The van der Waals surface area contributed by atoms with E-state index in [4.69, 9.17) is 39.8 Å². The summed E-state index contributed by atoms with van der Waals surface area (Å²) in [6, 6.07) is 0. The van der Waals surface area contributed by atoms with Gasteiger partial charge in [-0.2, -0.15) is 0 Å². The maximum Gasteiger partial charge on any atom is 0.303 e. The van der Waals surface area contributed by atoms with Crippen LogP contribution in [-0.2, 0) is 59.0 Å². The first-order chi connectivity index (χ1) is 15.4. The largest absolute Gasteiger partial charge is 0.456 e. The van der Waals surface area contributed by atoms with Crippen molar-refractivity contribution in [2.24, 2.45) is 5.10 Å². The molecule has 13 nitrogen and oxygen atoms in total. The normalized spacial score (nSPS) is 29.0. The monoisotopic (exact) mass is 527 g/mol. The molecule has 0 spiro atoms. The second-order valence-electron chi connectivity index (χ2n) is 6.86. The van der Waals surface area contributed by atoms with Crippen LogP contribution in [0.1, 0.15) is 27.7 Å². The number of thioether (sulfide) groups is 1. The first-order valence-corrected chi connectivity index (χ1v) is 13.2. The maximum absolute atomic E-state index is 12.8. The Hall–Kier alpha value is -1.77. The topological polar surface area (TPSA) is 151 Å². The molecule has 1 N–H and O–H groups in total. The molecule has 2 aliphatic heterocycles. The second kappa shape index (κ2) is 11.6. The molecule has 0 unspecified atom stereocenters. The predicted molar refractivity (Wildman–Crippen MR) is 119 cm³/mol. The molecule has 2 saturated heterocycles. The van der Waals surface area contributed by atoms with Gasteiger partial charge >= 0.3 is 24.6 Å². The molecule has 2 aliphatic rings. The summed E-state index contributed by atoms with van der Waals surface area (Å²) >= 11 is 6.29. The van der Waals surface area contributed by atoms with Gasteiger partial charge in [-0.25, -0.2) is 5.20 Å². The van der Waals surface area contributed by atoms with Crippen molar-refractivity contribution < 1.29 is 47.2 Å². The fourth-order valence-electron chi connectivity index (χ4n) is 3.17. The molecule has 186 valence electrons. The third-order valence-electron chi connectivity index (χ3n) is 4.45. The van der Waals surface area contributed by atoms with Crippen LogP contribution in [0.5, 0.6) is 0 Å². The van der Waals surface area contributed by atoms with Crippen molar-refractivity contribution in [2.75, 3.05) is 20.0 Å². The summed E-state index contributed by atoms with van der Waals surface area (Å²) in [5.41, 5.74) is 0. The van der Waals surface area contributed by atoms with E-state index in [9.17, 15) is 19.2 Å². The van der Waals surface area contributed by atoms with Crippen LogP contribution < -0.4 is 5.20 Å². The summed E-state index contributed by atoms with van der Waals surface area (Å²) < 4.78 is 32.3. The minimum atomic E-state index is -2.94. The molecular weight excluding hydrogens is 501 g/mol. The van der Waals surface area contributed by atoms with E-state index >= 15 is 0 Å². The van der Waals surface area contributed by atoms with Crippen LogP contribution in [0, 0.1) is 0 Å². The Labute approximate surface area is 200 Å². The van der Waals surface area contributed by atoms with Crippen LogP contribution in [0.25, 0.3) is 0 Å². The van der Waals surface area contributed by atoms with E-state index in [-0.39, 0.29) is 10.9 Å². The maximum atomic E-state index is 12.8. The lowest BCUT2D eigenvalue weighted by Gasteiger charge is -2.45. The van der Waals surface area contributed by atoms with Crippen molar-refractivity contribution in [3.05, 3.63) is 0 Å². The van der Waals surface area contributed by atoms with E-state index in [1.807, 2.05) is 0 Å². The Morgan fingerprint density at radius 2 is 1.58 bits per heavy atom. The van der Waals surface area contributed by atoms with Gasteiger partial charge in [-0.15, -0.1) is 5.10 Å².